The van der Waals surface area contributed by atoms with Gasteiger partial charge in [-0.05, 0) is 50.7 Å². The molecule has 5 nitrogen and oxygen atoms in total. The number of ketones is 1. The van der Waals surface area contributed by atoms with Crippen LogP contribution >= 0.6 is 35.5 Å². The number of likely N-dealkylation sites (N-methyl/N-ethyl adjacent to an activating group) is 1. The lowest BCUT2D eigenvalue weighted by Gasteiger charge is -2.22. The van der Waals surface area contributed by atoms with Crippen molar-refractivity contribution in [2.75, 3.05) is 38.3 Å². The molecule has 1 aromatic heterocycles. The van der Waals surface area contributed by atoms with E-state index in [1.54, 1.807) is 53.1 Å². The first kappa shape index (κ1) is 25.9. The molecular weight excluding hydrogens is 486 g/mol. The lowest BCUT2D eigenvalue weighted by Crippen LogP contribution is -2.36. The first-order valence-electron chi connectivity index (χ1n) is 10.6. The monoisotopic (exact) mass is 511 g/mol. The number of thiazole rings is 1. The Morgan fingerprint density at radius 1 is 0.882 bits per heavy atom. The quantitative estimate of drug-likeness (QED) is 0.218. The zero-order valence-corrected chi connectivity index (χ0v) is 21.7. The Hall–Kier alpha value is -2.71. The normalized spacial score (nSPS) is 10.8. The highest BCUT2D eigenvalue weighted by Gasteiger charge is 2.22. The first-order chi connectivity index (χ1) is 16.0. The van der Waals surface area contributed by atoms with Crippen LogP contribution in [-0.2, 0) is 0 Å². The van der Waals surface area contributed by atoms with Gasteiger partial charge in [-0.2, -0.15) is 0 Å². The molecule has 1 heterocycles. The minimum Gasteiger partial charge on any atom is -0.308 e. The number of aromatic nitrogens is 1. The van der Waals surface area contributed by atoms with Gasteiger partial charge in [0.2, 0.25) is 0 Å². The number of carbonyl (C=O) groups excluding carboxylic acids is 2. The smallest absolute Gasteiger partial charge is 0.260 e. The van der Waals surface area contributed by atoms with Crippen molar-refractivity contribution in [1.29, 1.82) is 0 Å². The highest BCUT2D eigenvalue weighted by Crippen LogP contribution is 2.32. The van der Waals surface area contributed by atoms with Gasteiger partial charge in [0, 0.05) is 34.7 Å². The molecule has 34 heavy (non-hydrogen) atoms. The summed E-state index contributed by atoms with van der Waals surface area (Å²) in [7, 11) is 3.96. The molecule has 1 amide bonds. The average Bonchev–Trinajstić information content (AvgIpc) is 3.27. The van der Waals surface area contributed by atoms with Crippen molar-refractivity contribution in [3.05, 3.63) is 89.5 Å². The van der Waals surface area contributed by atoms with Crippen molar-refractivity contribution in [3.63, 3.8) is 0 Å². The van der Waals surface area contributed by atoms with Crippen molar-refractivity contribution >= 4 is 62.5 Å². The average molecular weight is 512 g/mol. The first-order valence-corrected chi connectivity index (χ1v) is 12.6. The molecule has 4 aromatic rings. The minimum atomic E-state index is -0.125. The molecule has 3 aromatic carbocycles. The third-order valence-corrected chi connectivity index (χ3v) is 7.03. The number of halogens is 1. The summed E-state index contributed by atoms with van der Waals surface area (Å²) in [6, 6.07) is 22.2. The molecule has 0 aliphatic heterocycles. The largest absolute Gasteiger partial charge is 0.308 e. The Bertz CT molecular complexity index is 1270. The van der Waals surface area contributed by atoms with Crippen molar-refractivity contribution in [3.8, 4) is 0 Å². The molecule has 0 aliphatic carbocycles. The molecule has 0 fully saturated rings. The number of carbonyl (C=O) groups is 2. The molecule has 0 saturated heterocycles. The van der Waals surface area contributed by atoms with E-state index >= 15 is 0 Å². The van der Waals surface area contributed by atoms with Crippen LogP contribution in [0.3, 0.4) is 0 Å². The number of hydrogen-bond acceptors (Lipinski definition) is 6. The van der Waals surface area contributed by atoms with E-state index in [1.807, 2.05) is 55.6 Å². The SMILES string of the molecule is CSc1ccc2nc(N(CCN(C)C)C(=O)c3ccc(C(=O)c4ccccc4)cc3)sc2c1.Cl. The zero-order chi connectivity index (χ0) is 23.4. The third-order valence-electron chi connectivity index (χ3n) is 5.26. The van der Waals surface area contributed by atoms with Crippen molar-refractivity contribution in [1.82, 2.24) is 9.88 Å². The fraction of sp³-hybridized carbons (Fsp3) is 0.192. The molecule has 0 spiro atoms. The van der Waals surface area contributed by atoms with E-state index in [2.05, 4.69) is 6.07 Å². The highest BCUT2D eigenvalue weighted by atomic mass is 35.5. The maximum atomic E-state index is 13.5. The number of amides is 1. The van der Waals surface area contributed by atoms with Gasteiger partial charge >= 0.3 is 0 Å². The van der Waals surface area contributed by atoms with E-state index in [-0.39, 0.29) is 24.1 Å². The van der Waals surface area contributed by atoms with Crippen LogP contribution in [0.1, 0.15) is 26.3 Å². The number of rotatable bonds is 8. The topological polar surface area (TPSA) is 53.5 Å². The summed E-state index contributed by atoms with van der Waals surface area (Å²) in [6.45, 7) is 1.23. The second kappa shape index (κ2) is 11.6. The van der Waals surface area contributed by atoms with Gasteiger partial charge in [0.1, 0.15) is 0 Å². The molecule has 8 heteroatoms. The molecule has 176 valence electrons. The highest BCUT2D eigenvalue weighted by molar-refractivity contribution is 7.98. The summed E-state index contributed by atoms with van der Waals surface area (Å²) >= 11 is 3.21. The second-order valence-electron chi connectivity index (χ2n) is 7.86. The van der Waals surface area contributed by atoms with Gasteiger partial charge in [0.05, 0.1) is 10.2 Å². The number of nitrogens with zero attached hydrogens (tertiary/aromatic N) is 3. The Labute approximate surface area is 214 Å². The fourth-order valence-corrected chi connectivity index (χ4v) is 4.94. The molecule has 0 unspecified atom stereocenters. The molecular formula is C26H26ClN3O2S2. The van der Waals surface area contributed by atoms with E-state index in [1.165, 1.54) is 16.2 Å². The lowest BCUT2D eigenvalue weighted by atomic mass is 10.0. The van der Waals surface area contributed by atoms with Crippen LogP contribution in [0.25, 0.3) is 10.2 Å². The minimum absolute atomic E-state index is 0. The Kier molecular flexibility index (Phi) is 8.85. The molecule has 0 N–H and O–H groups in total. The van der Waals surface area contributed by atoms with Crippen LogP contribution in [0.2, 0.25) is 0 Å². The Balaban J connectivity index is 0.00000324. The molecule has 0 bridgehead atoms. The molecule has 0 atom stereocenters. The number of thioether (sulfide) groups is 1. The van der Waals surface area contributed by atoms with E-state index in [0.29, 0.717) is 34.9 Å². The van der Waals surface area contributed by atoms with Crippen LogP contribution < -0.4 is 4.90 Å². The van der Waals surface area contributed by atoms with Crippen LogP contribution in [0.15, 0.2) is 77.7 Å². The van der Waals surface area contributed by atoms with Crippen molar-refractivity contribution in [2.24, 2.45) is 0 Å². The summed E-state index contributed by atoms with van der Waals surface area (Å²) in [4.78, 5) is 35.9. The predicted molar refractivity (Wildman–Crippen MR) is 145 cm³/mol. The van der Waals surface area contributed by atoms with E-state index in [4.69, 9.17) is 4.98 Å². The molecule has 0 aliphatic rings. The second-order valence-corrected chi connectivity index (χ2v) is 9.75. The van der Waals surface area contributed by atoms with E-state index in [0.717, 1.165) is 10.2 Å². The lowest BCUT2D eigenvalue weighted by molar-refractivity contribution is 0.0982. The number of fused-ring (bicyclic) bond motifs is 1. The van der Waals surface area contributed by atoms with Gasteiger partial charge in [0.25, 0.3) is 5.91 Å². The standard InChI is InChI=1S/C26H25N3O2S2.ClH/c1-28(2)15-16-29(26-27-22-14-13-21(32-3)17-23(22)33-26)25(31)20-11-9-19(10-12-20)24(30)18-7-5-4-6-8-18;/h4-14,17H,15-16H2,1-3H3;1H. The van der Waals surface area contributed by atoms with Crippen LogP contribution in [-0.4, -0.2) is 55.0 Å². The number of anilines is 1. The summed E-state index contributed by atoms with van der Waals surface area (Å²) in [5.74, 6) is -0.186. The summed E-state index contributed by atoms with van der Waals surface area (Å²) in [5, 5.41) is 0.680. The summed E-state index contributed by atoms with van der Waals surface area (Å²) in [5.41, 5.74) is 2.60. The van der Waals surface area contributed by atoms with Gasteiger partial charge in [-0.15, -0.1) is 24.2 Å². The van der Waals surface area contributed by atoms with Gasteiger partial charge in [-0.3, -0.25) is 14.5 Å². The molecule has 0 radical (unpaired) electrons. The maximum absolute atomic E-state index is 13.5. The summed E-state index contributed by atoms with van der Waals surface area (Å²) < 4.78 is 1.06. The van der Waals surface area contributed by atoms with Crippen LogP contribution in [0, 0.1) is 0 Å². The Morgan fingerprint density at radius 2 is 1.53 bits per heavy atom. The van der Waals surface area contributed by atoms with Crippen LogP contribution in [0.4, 0.5) is 5.13 Å². The van der Waals surface area contributed by atoms with Crippen LogP contribution in [0.5, 0.6) is 0 Å². The Morgan fingerprint density at radius 3 is 2.18 bits per heavy atom. The molecule has 4 rings (SSSR count). The van der Waals surface area contributed by atoms with Crippen molar-refractivity contribution in [2.45, 2.75) is 4.90 Å². The fourth-order valence-electron chi connectivity index (χ4n) is 3.40. The van der Waals surface area contributed by atoms with E-state index < -0.39 is 0 Å². The zero-order valence-electron chi connectivity index (χ0n) is 19.2. The predicted octanol–water partition coefficient (Wildman–Crippen LogP) is 5.88. The van der Waals surface area contributed by atoms with Gasteiger partial charge < -0.3 is 4.90 Å². The maximum Gasteiger partial charge on any atom is 0.260 e. The molecule has 0 saturated carbocycles. The van der Waals surface area contributed by atoms with Gasteiger partial charge in [0.15, 0.2) is 10.9 Å². The number of benzene rings is 3. The summed E-state index contributed by atoms with van der Waals surface area (Å²) in [6.07, 6.45) is 2.04. The van der Waals surface area contributed by atoms with Gasteiger partial charge in [-0.25, -0.2) is 4.98 Å². The van der Waals surface area contributed by atoms with Gasteiger partial charge in [-0.1, -0.05) is 53.8 Å². The third kappa shape index (κ3) is 5.85. The van der Waals surface area contributed by atoms with Crippen molar-refractivity contribution < 1.29 is 9.59 Å². The van der Waals surface area contributed by atoms with E-state index in [9.17, 15) is 9.59 Å². The number of hydrogen-bond donors (Lipinski definition) is 0.